The highest BCUT2D eigenvalue weighted by molar-refractivity contribution is 5.99. The quantitative estimate of drug-likeness (QED) is 0.494. The fourth-order valence-electron chi connectivity index (χ4n) is 2.59. The number of carbonyl (C=O) groups is 3. The number of benzene rings is 2. The van der Waals surface area contributed by atoms with E-state index in [2.05, 4.69) is 0 Å². The van der Waals surface area contributed by atoms with Gasteiger partial charge in [-0.15, -0.1) is 0 Å². The summed E-state index contributed by atoms with van der Waals surface area (Å²) in [5.74, 6) is -0.923. The van der Waals surface area contributed by atoms with Gasteiger partial charge in [-0.25, -0.2) is 0 Å². The number of amides is 1. The van der Waals surface area contributed by atoms with Gasteiger partial charge in [0.2, 0.25) is 5.91 Å². The second kappa shape index (κ2) is 6.44. The monoisotopic (exact) mass is 309 g/mol. The molecule has 1 aliphatic heterocycles. The first-order valence-electron chi connectivity index (χ1n) is 7.30. The van der Waals surface area contributed by atoms with Crippen molar-refractivity contribution in [2.24, 2.45) is 5.92 Å². The number of nitrogens with zero attached hydrogens (tertiary/aromatic N) is 1. The van der Waals surface area contributed by atoms with Gasteiger partial charge in [0.05, 0.1) is 11.5 Å². The maximum atomic E-state index is 12.3. The molecular weight excluding hydrogens is 294 g/mol. The Hall–Kier alpha value is -2.95. The fraction of sp³-hybridized carbons (Fsp3) is 0.167. The van der Waals surface area contributed by atoms with Gasteiger partial charge in [-0.2, -0.15) is 0 Å². The summed E-state index contributed by atoms with van der Waals surface area (Å²) in [5.41, 5.74) is 1.08. The van der Waals surface area contributed by atoms with Crippen LogP contribution in [-0.4, -0.2) is 24.7 Å². The van der Waals surface area contributed by atoms with E-state index in [9.17, 15) is 14.4 Å². The largest absolute Gasteiger partial charge is 0.425 e. The van der Waals surface area contributed by atoms with E-state index in [1.54, 1.807) is 29.2 Å². The number of hydrogen-bond acceptors (Lipinski definition) is 4. The summed E-state index contributed by atoms with van der Waals surface area (Å²) in [6, 6.07) is 15.7. The Morgan fingerprint density at radius 1 is 1.09 bits per heavy atom. The molecule has 3 rings (SSSR count). The minimum absolute atomic E-state index is 0.108. The highest BCUT2D eigenvalue weighted by atomic mass is 16.5. The van der Waals surface area contributed by atoms with Gasteiger partial charge in [0.15, 0.2) is 6.29 Å². The van der Waals surface area contributed by atoms with Crippen LogP contribution in [0.25, 0.3) is 0 Å². The van der Waals surface area contributed by atoms with Gasteiger partial charge >= 0.3 is 5.97 Å². The number of para-hydroxylation sites is 2. The predicted molar refractivity (Wildman–Crippen MR) is 84.4 cm³/mol. The van der Waals surface area contributed by atoms with Gasteiger partial charge < -0.3 is 9.64 Å². The third-order valence-corrected chi connectivity index (χ3v) is 3.78. The molecule has 116 valence electrons. The lowest BCUT2D eigenvalue weighted by atomic mass is 10.1. The minimum Gasteiger partial charge on any atom is -0.425 e. The van der Waals surface area contributed by atoms with Crippen LogP contribution in [-0.2, 0) is 9.59 Å². The lowest BCUT2D eigenvalue weighted by Crippen LogP contribution is -2.27. The maximum absolute atomic E-state index is 12.3. The number of esters is 1. The van der Waals surface area contributed by atoms with Crippen LogP contribution in [0.15, 0.2) is 54.6 Å². The smallest absolute Gasteiger partial charge is 0.316 e. The van der Waals surface area contributed by atoms with Crippen molar-refractivity contribution in [3.8, 4) is 5.75 Å². The van der Waals surface area contributed by atoms with E-state index in [0.29, 0.717) is 11.8 Å². The Kier molecular flexibility index (Phi) is 4.19. The van der Waals surface area contributed by atoms with Gasteiger partial charge in [0, 0.05) is 18.7 Å². The molecule has 0 radical (unpaired) electrons. The van der Waals surface area contributed by atoms with Crippen molar-refractivity contribution in [3.05, 3.63) is 60.2 Å². The van der Waals surface area contributed by atoms with E-state index < -0.39 is 11.9 Å². The first-order chi connectivity index (χ1) is 11.2. The molecule has 1 fully saturated rings. The molecule has 5 heteroatoms. The Bertz CT molecular complexity index is 742. The summed E-state index contributed by atoms with van der Waals surface area (Å²) in [6.45, 7) is 0.283. The molecule has 0 aliphatic carbocycles. The summed E-state index contributed by atoms with van der Waals surface area (Å²) in [5, 5.41) is 0. The first kappa shape index (κ1) is 15.0. The highest BCUT2D eigenvalue weighted by Gasteiger charge is 2.36. The van der Waals surface area contributed by atoms with E-state index in [1.807, 2.05) is 30.3 Å². The highest BCUT2D eigenvalue weighted by Crippen LogP contribution is 2.26. The average Bonchev–Trinajstić information content (AvgIpc) is 2.98. The number of rotatable bonds is 4. The molecule has 0 spiro atoms. The molecule has 2 aromatic rings. The molecule has 0 N–H and O–H groups in total. The molecule has 0 bridgehead atoms. The zero-order chi connectivity index (χ0) is 16.2. The van der Waals surface area contributed by atoms with E-state index >= 15 is 0 Å². The van der Waals surface area contributed by atoms with Crippen molar-refractivity contribution in [2.45, 2.75) is 6.42 Å². The van der Waals surface area contributed by atoms with Crippen LogP contribution in [0.5, 0.6) is 5.75 Å². The predicted octanol–water partition coefficient (Wildman–Crippen LogP) is 2.46. The summed E-state index contributed by atoms with van der Waals surface area (Å²) in [4.78, 5) is 37.0. The molecule has 5 nitrogen and oxygen atoms in total. The third-order valence-electron chi connectivity index (χ3n) is 3.78. The van der Waals surface area contributed by atoms with E-state index in [0.717, 1.165) is 5.69 Å². The van der Waals surface area contributed by atoms with E-state index in [-0.39, 0.29) is 24.6 Å². The van der Waals surface area contributed by atoms with Gasteiger partial charge in [-0.1, -0.05) is 30.3 Å². The van der Waals surface area contributed by atoms with Crippen LogP contribution in [0.4, 0.5) is 5.69 Å². The number of hydrogen-bond donors (Lipinski definition) is 0. The number of anilines is 1. The average molecular weight is 309 g/mol. The molecular formula is C18H15NO4. The van der Waals surface area contributed by atoms with E-state index in [4.69, 9.17) is 4.74 Å². The maximum Gasteiger partial charge on any atom is 0.316 e. The molecule has 1 atom stereocenters. The second-order valence-corrected chi connectivity index (χ2v) is 5.32. The van der Waals surface area contributed by atoms with Crippen molar-refractivity contribution < 1.29 is 19.1 Å². The molecule has 1 aliphatic rings. The van der Waals surface area contributed by atoms with Crippen molar-refractivity contribution in [2.75, 3.05) is 11.4 Å². The van der Waals surface area contributed by atoms with Crippen LogP contribution in [0.3, 0.4) is 0 Å². The Balaban J connectivity index is 1.72. The normalized spacial score (nSPS) is 17.1. The minimum atomic E-state index is -0.539. The standard InChI is InChI=1S/C18H15NO4/c20-12-13-6-4-5-9-16(13)23-18(22)14-10-17(21)19(11-14)15-7-2-1-3-8-15/h1-9,12,14H,10-11H2/t14-/m1/s1. The molecule has 1 heterocycles. The van der Waals surface area contributed by atoms with Gasteiger partial charge in [0.1, 0.15) is 5.75 Å². The van der Waals surface area contributed by atoms with Crippen LogP contribution in [0.1, 0.15) is 16.8 Å². The van der Waals surface area contributed by atoms with E-state index in [1.165, 1.54) is 0 Å². The zero-order valence-electron chi connectivity index (χ0n) is 12.3. The Morgan fingerprint density at radius 2 is 1.78 bits per heavy atom. The summed E-state index contributed by atoms with van der Waals surface area (Å²) in [7, 11) is 0. The van der Waals surface area contributed by atoms with Gasteiger partial charge in [-0.05, 0) is 24.3 Å². The number of aldehydes is 1. The van der Waals surface area contributed by atoms with Crippen molar-refractivity contribution in [3.63, 3.8) is 0 Å². The Labute approximate surface area is 133 Å². The summed E-state index contributed by atoms with van der Waals surface area (Å²) in [6.07, 6.45) is 0.746. The van der Waals surface area contributed by atoms with Crippen LogP contribution in [0.2, 0.25) is 0 Å². The van der Waals surface area contributed by atoms with Gasteiger partial charge in [0.25, 0.3) is 0 Å². The molecule has 0 unspecified atom stereocenters. The molecule has 1 saturated heterocycles. The third kappa shape index (κ3) is 3.13. The molecule has 1 amide bonds. The summed E-state index contributed by atoms with van der Waals surface area (Å²) < 4.78 is 5.30. The van der Waals surface area contributed by atoms with Crippen molar-refractivity contribution >= 4 is 23.9 Å². The first-order valence-corrected chi connectivity index (χ1v) is 7.30. The zero-order valence-corrected chi connectivity index (χ0v) is 12.3. The molecule has 0 saturated carbocycles. The van der Waals surface area contributed by atoms with Crippen LogP contribution in [0, 0.1) is 5.92 Å². The second-order valence-electron chi connectivity index (χ2n) is 5.32. The van der Waals surface area contributed by atoms with Crippen molar-refractivity contribution in [1.29, 1.82) is 0 Å². The summed E-state index contributed by atoms with van der Waals surface area (Å²) >= 11 is 0. The topological polar surface area (TPSA) is 63.7 Å². The molecule has 2 aromatic carbocycles. The SMILES string of the molecule is O=Cc1ccccc1OC(=O)[C@@H]1CC(=O)N(c2ccccc2)C1. The molecule has 0 aromatic heterocycles. The van der Waals surface area contributed by atoms with Gasteiger partial charge in [-0.3, -0.25) is 14.4 Å². The number of carbonyl (C=O) groups excluding carboxylic acids is 3. The fourth-order valence-corrected chi connectivity index (χ4v) is 2.59. The number of ether oxygens (including phenoxy) is 1. The van der Waals surface area contributed by atoms with Crippen LogP contribution >= 0.6 is 0 Å². The van der Waals surface area contributed by atoms with Crippen LogP contribution < -0.4 is 9.64 Å². The lowest BCUT2D eigenvalue weighted by Gasteiger charge is -2.16. The molecule has 23 heavy (non-hydrogen) atoms. The lowest BCUT2D eigenvalue weighted by molar-refractivity contribution is -0.139. The van der Waals surface area contributed by atoms with Crippen molar-refractivity contribution in [1.82, 2.24) is 0 Å². The Morgan fingerprint density at radius 3 is 2.52 bits per heavy atom.